The first kappa shape index (κ1) is 21.1. The van der Waals surface area contributed by atoms with Gasteiger partial charge >= 0.3 is 5.70 Å². The second kappa shape index (κ2) is 9.23. The van der Waals surface area contributed by atoms with Gasteiger partial charge in [0.2, 0.25) is 0 Å². The Hall–Kier alpha value is -2.65. The van der Waals surface area contributed by atoms with E-state index in [1.807, 2.05) is 24.3 Å². The van der Waals surface area contributed by atoms with Crippen LogP contribution in [0.4, 0.5) is 0 Å². The van der Waals surface area contributed by atoms with E-state index >= 15 is 0 Å². The van der Waals surface area contributed by atoms with Gasteiger partial charge in [0, 0.05) is 0 Å². The van der Waals surface area contributed by atoms with Gasteiger partial charge in [-0.3, -0.25) is 15.8 Å². The zero-order valence-corrected chi connectivity index (χ0v) is 16.8. The summed E-state index contributed by atoms with van der Waals surface area (Å²) in [6, 6.07) is 7.60. The summed E-state index contributed by atoms with van der Waals surface area (Å²) < 4.78 is 5.23. The number of methoxy groups -OCH3 is 1. The summed E-state index contributed by atoms with van der Waals surface area (Å²) in [5, 5.41) is 17.5. The summed E-state index contributed by atoms with van der Waals surface area (Å²) in [6.07, 6.45) is 5.89. The van der Waals surface area contributed by atoms with Crippen molar-refractivity contribution in [2.24, 2.45) is 28.3 Å². The van der Waals surface area contributed by atoms with Crippen molar-refractivity contribution in [2.75, 3.05) is 13.7 Å². The molecule has 1 aliphatic heterocycles. The number of nitrogens with one attached hydrogen (secondary N) is 2. The molecular formula is C20H30N6O3. The van der Waals surface area contributed by atoms with E-state index in [0.29, 0.717) is 37.3 Å². The van der Waals surface area contributed by atoms with Crippen LogP contribution < -0.4 is 26.8 Å². The monoisotopic (exact) mass is 402 g/mol. The molecule has 2 aliphatic rings. The maximum Gasteiger partial charge on any atom is 0.301 e. The van der Waals surface area contributed by atoms with Gasteiger partial charge < -0.3 is 21.1 Å². The second-order valence-corrected chi connectivity index (χ2v) is 7.87. The second-order valence-electron chi connectivity index (χ2n) is 7.87. The summed E-state index contributed by atoms with van der Waals surface area (Å²) in [7, 11) is 1.61. The van der Waals surface area contributed by atoms with E-state index in [1.54, 1.807) is 7.11 Å². The maximum absolute atomic E-state index is 11.6. The first-order chi connectivity index (χ1) is 13.9. The summed E-state index contributed by atoms with van der Waals surface area (Å²) in [6.45, 7) is 1.09. The third kappa shape index (κ3) is 5.24. The molecule has 1 aromatic carbocycles. The van der Waals surface area contributed by atoms with Gasteiger partial charge in [-0.25, -0.2) is 4.99 Å². The fourth-order valence-corrected chi connectivity index (χ4v) is 4.10. The molecule has 0 radical (unpaired) electrons. The molecule has 1 atom stereocenters. The molecule has 1 unspecified atom stereocenters. The van der Waals surface area contributed by atoms with E-state index in [0.717, 1.165) is 37.0 Å². The van der Waals surface area contributed by atoms with Gasteiger partial charge in [-0.1, -0.05) is 12.1 Å². The van der Waals surface area contributed by atoms with Crippen molar-refractivity contribution in [1.29, 1.82) is 0 Å². The number of rotatable bonds is 7. The standard InChI is InChI=1S/C20H30N6O3/c1-29-17-4-2-3-16(9-17)12-23-19-24-13-18(26(27)28)20(22,25-19)10-14-5-7-15(11-21)8-6-14/h2-4,9,13-15H,5-8,10-12,21-22H2,1H3,(H2,23,24,25). The Kier molecular flexibility index (Phi) is 6.71. The Morgan fingerprint density at radius 2 is 2.03 bits per heavy atom. The molecule has 1 aliphatic carbocycles. The Morgan fingerprint density at radius 3 is 2.69 bits per heavy atom. The highest BCUT2D eigenvalue weighted by Gasteiger charge is 2.44. The van der Waals surface area contributed by atoms with Crippen LogP contribution in [0.25, 0.3) is 0 Å². The van der Waals surface area contributed by atoms with Crippen LogP contribution in [0.1, 0.15) is 37.7 Å². The Balaban J connectivity index is 1.72. The SMILES string of the molecule is COc1cccc(CN=C2NC=C([N+](=O)[O-])C(N)(CC3CCC(CN)CC3)N2)c1. The Bertz CT molecular complexity index is 788. The Morgan fingerprint density at radius 1 is 1.31 bits per heavy atom. The van der Waals surface area contributed by atoms with Gasteiger partial charge in [0.05, 0.1) is 24.8 Å². The quantitative estimate of drug-likeness (QED) is 0.401. The zero-order valence-electron chi connectivity index (χ0n) is 16.8. The Labute approximate surface area is 170 Å². The van der Waals surface area contributed by atoms with Crippen LogP contribution in [0, 0.1) is 22.0 Å². The lowest BCUT2D eigenvalue weighted by Gasteiger charge is -2.37. The highest BCUT2D eigenvalue weighted by atomic mass is 16.6. The average Bonchev–Trinajstić information content (AvgIpc) is 2.72. The number of nitrogens with two attached hydrogens (primary N) is 2. The third-order valence-corrected chi connectivity index (χ3v) is 5.81. The first-order valence-corrected chi connectivity index (χ1v) is 9.99. The molecular weight excluding hydrogens is 372 g/mol. The number of benzene rings is 1. The molecule has 0 amide bonds. The van der Waals surface area contributed by atoms with Crippen LogP contribution >= 0.6 is 0 Å². The topological polar surface area (TPSA) is 141 Å². The predicted octanol–water partition coefficient (Wildman–Crippen LogP) is 1.67. The summed E-state index contributed by atoms with van der Waals surface area (Å²) >= 11 is 0. The molecule has 0 saturated heterocycles. The van der Waals surface area contributed by atoms with Crippen molar-refractivity contribution in [3.05, 3.63) is 51.8 Å². The largest absolute Gasteiger partial charge is 0.497 e. The molecule has 29 heavy (non-hydrogen) atoms. The number of ether oxygens (including phenoxy) is 1. The van der Waals surface area contributed by atoms with Crippen LogP contribution in [-0.2, 0) is 6.54 Å². The number of nitro groups is 1. The fourth-order valence-electron chi connectivity index (χ4n) is 4.10. The molecule has 1 fully saturated rings. The molecule has 1 saturated carbocycles. The van der Waals surface area contributed by atoms with Crippen molar-refractivity contribution in [1.82, 2.24) is 10.6 Å². The minimum Gasteiger partial charge on any atom is -0.497 e. The molecule has 158 valence electrons. The number of hydrogen-bond acceptors (Lipinski definition) is 6. The number of nitrogens with zero attached hydrogens (tertiary/aromatic N) is 2. The molecule has 9 heteroatoms. The molecule has 0 bridgehead atoms. The summed E-state index contributed by atoms with van der Waals surface area (Å²) in [4.78, 5) is 15.7. The van der Waals surface area contributed by atoms with Crippen molar-refractivity contribution in [3.8, 4) is 5.75 Å². The summed E-state index contributed by atoms with van der Waals surface area (Å²) in [5.41, 5.74) is 11.9. The molecule has 0 aromatic heterocycles. The minimum atomic E-state index is -1.26. The molecule has 3 rings (SSSR count). The zero-order chi connectivity index (χ0) is 20.9. The van der Waals surface area contributed by atoms with E-state index in [4.69, 9.17) is 16.2 Å². The van der Waals surface area contributed by atoms with Crippen LogP contribution in [0.5, 0.6) is 5.75 Å². The van der Waals surface area contributed by atoms with Gasteiger partial charge in [-0.2, -0.15) is 0 Å². The van der Waals surface area contributed by atoms with E-state index < -0.39 is 10.6 Å². The summed E-state index contributed by atoms with van der Waals surface area (Å²) in [5.74, 6) is 2.04. The van der Waals surface area contributed by atoms with E-state index in [1.165, 1.54) is 6.20 Å². The van der Waals surface area contributed by atoms with Gasteiger partial charge in [0.1, 0.15) is 5.75 Å². The fraction of sp³-hybridized carbons (Fsp3) is 0.550. The highest BCUT2D eigenvalue weighted by Crippen LogP contribution is 2.34. The average molecular weight is 402 g/mol. The van der Waals surface area contributed by atoms with E-state index in [2.05, 4.69) is 15.6 Å². The van der Waals surface area contributed by atoms with E-state index in [-0.39, 0.29) is 5.70 Å². The molecule has 6 N–H and O–H groups in total. The number of guanidine groups is 1. The van der Waals surface area contributed by atoms with Crippen molar-refractivity contribution >= 4 is 5.96 Å². The van der Waals surface area contributed by atoms with Gasteiger partial charge in [0.15, 0.2) is 11.6 Å². The lowest BCUT2D eigenvalue weighted by molar-refractivity contribution is -0.437. The lowest BCUT2D eigenvalue weighted by atomic mass is 9.77. The van der Waals surface area contributed by atoms with Gasteiger partial charge in [0.25, 0.3) is 0 Å². The number of aliphatic imine (C=N–C) groups is 1. The van der Waals surface area contributed by atoms with Crippen LogP contribution in [0.3, 0.4) is 0 Å². The molecule has 0 spiro atoms. The van der Waals surface area contributed by atoms with Crippen LogP contribution in [0.2, 0.25) is 0 Å². The smallest absolute Gasteiger partial charge is 0.301 e. The van der Waals surface area contributed by atoms with Gasteiger partial charge in [-0.15, -0.1) is 0 Å². The predicted molar refractivity (Wildman–Crippen MR) is 112 cm³/mol. The lowest BCUT2D eigenvalue weighted by Crippen LogP contribution is -2.64. The van der Waals surface area contributed by atoms with Crippen molar-refractivity contribution in [3.63, 3.8) is 0 Å². The molecule has 9 nitrogen and oxygen atoms in total. The highest BCUT2D eigenvalue weighted by molar-refractivity contribution is 5.83. The molecule has 1 aromatic rings. The minimum absolute atomic E-state index is 0.0706. The van der Waals surface area contributed by atoms with Crippen LogP contribution in [-0.4, -0.2) is 30.2 Å². The first-order valence-electron chi connectivity index (χ1n) is 9.99. The number of hydrogen-bond donors (Lipinski definition) is 4. The van der Waals surface area contributed by atoms with Crippen molar-refractivity contribution < 1.29 is 9.66 Å². The molecule has 1 heterocycles. The van der Waals surface area contributed by atoms with Gasteiger partial charge in [-0.05, 0) is 68.2 Å². The van der Waals surface area contributed by atoms with Crippen LogP contribution in [0.15, 0.2) is 41.2 Å². The van der Waals surface area contributed by atoms with E-state index in [9.17, 15) is 10.1 Å². The normalized spacial score (nSPS) is 28.2. The maximum atomic E-state index is 11.6. The van der Waals surface area contributed by atoms with Crippen molar-refractivity contribution in [2.45, 2.75) is 44.3 Å². The third-order valence-electron chi connectivity index (χ3n) is 5.81.